The standard InChI is InChI=1S/C17H24O2/c1-16(2,3)14-11-13(9-7-8-10-18)12-15(19-14)17(4,5)6/h7-12H,1-6H3/b8-7+. The topological polar surface area (TPSA) is 26.3 Å². The second-order valence-electron chi connectivity index (χ2n) is 6.81. The third kappa shape index (κ3) is 4.55. The Labute approximate surface area is 116 Å². The Morgan fingerprint density at radius 1 is 0.895 bits per heavy atom. The number of carbonyl (C=O) groups is 1. The lowest BCUT2D eigenvalue weighted by molar-refractivity contribution is -0.104. The zero-order valence-electron chi connectivity index (χ0n) is 12.8. The average Bonchev–Trinajstić information content (AvgIpc) is 2.27. The second-order valence-corrected chi connectivity index (χ2v) is 6.81. The van der Waals surface area contributed by atoms with Gasteiger partial charge in [0, 0.05) is 10.8 Å². The molecule has 0 radical (unpaired) electrons. The molecule has 0 fully saturated rings. The highest BCUT2D eigenvalue weighted by atomic mass is 16.5. The van der Waals surface area contributed by atoms with E-state index < -0.39 is 0 Å². The van der Waals surface area contributed by atoms with Gasteiger partial charge >= 0.3 is 0 Å². The van der Waals surface area contributed by atoms with Crippen molar-refractivity contribution in [2.45, 2.75) is 41.5 Å². The summed E-state index contributed by atoms with van der Waals surface area (Å²) >= 11 is 0. The van der Waals surface area contributed by atoms with E-state index in [1.54, 1.807) is 6.08 Å². The van der Waals surface area contributed by atoms with Crippen molar-refractivity contribution < 1.29 is 9.53 Å². The summed E-state index contributed by atoms with van der Waals surface area (Å²) in [6, 6.07) is 0. The lowest BCUT2D eigenvalue weighted by Crippen LogP contribution is -2.21. The maximum atomic E-state index is 10.3. The molecule has 1 aliphatic rings. The Balaban J connectivity index is 3.18. The molecule has 1 heterocycles. The summed E-state index contributed by atoms with van der Waals surface area (Å²) in [7, 11) is 0. The molecule has 0 bridgehead atoms. The predicted molar refractivity (Wildman–Crippen MR) is 79.4 cm³/mol. The van der Waals surface area contributed by atoms with Gasteiger partial charge < -0.3 is 4.74 Å². The van der Waals surface area contributed by atoms with Crippen LogP contribution in [0.4, 0.5) is 0 Å². The van der Waals surface area contributed by atoms with Gasteiger partial charge in [0.2, 0.25) is 0 Å². The van der Waals surface area contributed by atoms with Crippen LogP contribution in [0.1, 0.15) is 41.5 Å². The zero-order valence-corrected chi connectivity index (χ0v) is 12.8. The molecule has 0 spiro atoms. The van der Waals surface area contributed by atoms with Gasteiger partial charge in [0.25, 0.3) is 0 Å². The van der Waals surface area contributed by atoms with Gasteiger partial charge in [-0.05, 0) is 23.8 Å². The molecule has 19 heavy (non-hydrogen) atoms. The van der Waals surface area contributed by atoms with Crippen LogP contribution < -0.4 is 0 Å². The lowest BCUT2D eigenvalue weighted by atomic mass is 9.87. The Morgan fingerprint density at radius 3 is 1.74 bits per heavy atom. The van der Waals surface area contributed by atoms with Crippen LogP contribution >= 0.6 is 0 Å². The fraction of sp³-hybridized carbons (Fsp3) is 0.471. The van der Waals surface area contributed by atoms with Crippen LogP contribution in [0.15, 0.2) is 47.5 Å². The maximum absolute atomic E-state index is 10.3. The van der Waals surface area contributed by atoms with E-state index in [4.69, 9.17) is 4.74 Å². The van der Waals surface area contributed by atoms with Crippen molar-refractivity contribution in [3.63, 3.8) is 0 Å². The van der Waals surface area contributed by atoms with Crippen molar-refractivity contribution in [3.05, 3.63) is 47.5 Å². The van der Waals surface area contributed by atoms with Crippen LogP contribution in [0, 0.1) is 10.8 Å². The quantitative estimate of drug-likeness (QED) is 0.537. The molecule has 0 aliphatic carbocycles. The molecule has 0 amide bonds. The van der Waals surface area contributed by atoms with Crippen LogP contribution in [0.25, 0.3) is 0 Å². The van der Waals surface area contributed by atoms with Gasteiger partial charge in [0.1, 0.15) is 17.8 Å². The van der Waals surface area contributed by atoms with Gasteiger partial charge in [-0.1, -0.05) is 53.7 Å². The number of aldehydes is 1. The predicted octanol–water partition coefficient (Wildman–Crippen LogP) is 4.56. The molecule has 104 valence electrons. The molecule has 0 saturated heterocycles. The van der Waals surface area contributed by atoms with E-state index in [1.807, 2.05) is 18.2 Å². The van der Waals surface area contributed by atoms with Gasteiger partial charge in [-0.25, -0.2) is 0 Å². The fourth-order valence-electron chi connectivity index (χ4n) is 1.57. The highest BCUT2D eigenvalue weighted by Gasteiger charge is 2.28. The Kier molecular flexibility index (Phi) is 4.56. The largest absolute Gasteiger partial charge is 0.465 e. The molecule has 0 aromatic heterocycles. The number of allylic oxidation sites excluding steroid dienone is 8. The van der Waals surface area contributed by atoms with Gasteiger partial charge in [0.05, 0.1) is 0 Å². The van der Waals surface area contributed by atoms with E-state index in [2.05, 4.69) is 41.5 Å². The first kappa shape index (κ1) is 15.5. The minimum atomic E-state index is -0.0434. The van der Waals surface area contributed by atoms with E-state index >= 15 is 0 Å². The second kappa shape index (κ2) is 5.60. The van der Waals surface area contributed by atoms with E-state index in [0.29, 0.717) is 0 Å². The molecule has 0 unspecified atom stereocenters. The summed E-state index contributed by atoms with van der Waals surface area (Å²) < 4.78 is 6.04. The van der Waals surface area contributed by atoms with Crippen LogP contribution in [0.3, 0.4) is 0 Å². The zero-order chi connectivity index (χ0) is 14.7. The van der Waals surface area contributed by atoms with Crippen LogP contribution in [0.5, 0.6) is 0 Å². The molecular weight excluding hydrogens is 236 g/mol. The van der Waals surface area contributed by atoms with Crippen LogP contribution in [-0.2, 0) is 9.53 Å². The van der Waals surface area contributed by atoms with E-state index in [0.717, 1.165) is 23.4 Å². The number of hydrogen-bond donors (Lipinski definition) is 0. The number of hydrogen-bond acceptors (Lipinski definition) is 2. The monoisotopic (exact) mass is 260 g/mol. The molecule has 0 aromatic rings. The summed E-state index contributed by atoms with van der Waals surface area (Å²) in [5.74, 6) is 1.90. The first-order chi connectivity index (χ1) is 8.64. The molecule has 0 N–H and O–H groups in total. The number of ether oxygens (including phenoxy) is 1. The molecule has 2 nitrogen and oxygen atoms in total. The fourth-order valence-corrected chi connectivity index (χ4v) is 1.57. The molecule has 2 heteroatoms. The SMILES string of the molecule is CC(C)(C)C1=CC(=C/C=C/C=O)C=C(C(C)(C)C)O1. The highest BCUT2D eigenvalue weighted by Crippen LogP contribution is 2.38. The van der Waals surface area contributed by atoms with Crippen molar-refractivity contribution in [1.82, 2.24) is 0 Å². The van der Waals surface area contributed by atoms with Gasteiger partial charge in [-0.3, -0.25) is 4.79 Å². The van der Waals surface area contributed by atoms with Gasteiger partial charge in [-0.2, -0.15) is 0 Å². The molecule has 0 aromatic carbocycles. The van der Waals surface area contributed by atoms with Crippen molar-refractivity contribution in [2.75, 3.05) is 0 Å². The minimum Gasteiger partial charge on any atom is -0.465 e. The molecular formula is C17H24O2. The Morgan fingerprint density at radius 2 is 1.37 bits per heavy atom. The number of carbonyl (C=O) groups excluding carboxylic acids is 1. The lowest BCUT2D eigenvalue weighted by Gasteiger charge is -2.32. The third-order valence-electron chi connectivity index (χ3n) is 2.77. The summed E-state index contributed by atoms with van der Waals surface area (Å²) in [5.41, 5.74) is 0.968. The van der Waals surface area contributed by atoms with Crippen molar-refractivity contribution >= 4 is 6.29 Å². The third-order valence-corrected chi connectivity index (χ3v) is 2.77. The molecule has 0 atom stereocenters. The van der Waals surface area contributed by atoms with Gasteiger partial charge in [-0.15, -0.1) is 0 Å². The Hall–Kier alpha value is -1.57. The minimum absolute atomic E-state index is 0.0434. The first-order valence-electron chi connectivity index (χ1n) is 6.59. The average molecular weight is 260 g/mol. The van der Waals surface area contributed by atoms with E-state index in [9.17, 15) is 4.79 Å². The summed E-state index contributed by atoms with van der Waals surface area (Å²) in [6.45, 7) is 12.8. The van der Waals surface area contributed by atoms with E-state index in [1.165, 1.54) is 6.08 Å². The highest BCUT2D eigenvalue weighted by molar-refractivity contribution is 5.65. The summed E-state index contributed by atoms with van der Waals surface area (Å²) in [4.78, 5) is 10.3. The van der Waals surface area contributed by atoms with Gasteiger partial charge in [0.15, 0.2) is 0 Å². The smallest absolute Gasteiger partial charge is 0.142 e. The normalized spacial score (nSPS) is 16.8. The number of rotatable bonds is 2. The summed E-state index contributed by atoms with van der Waals surface area (Å²) in [5, 5.41) is 0. The molecule has 1 rings (SSSR count). The maximum Gasteiger partial charge on any atom is 0.142 e. The van der Waals surface area contributed by atoms with Crippen LogP contribution in [-0.4, -0.2) is 6.29 Å². The van der Waals surface area contributed by atoms with E-state index in [-0.39, 0.29) is 10.8 Å². The van der Waals surface area contributed by atoms with Crippen molar-refractivity contribution in [1.29, 1.82) is 0 Å². The van der Waals surface area contributed by atoms with Crippen molar-refractivity contribution in [2.24, 2.45) is 10.8 Å². The molecule has 0 saturated carbocycles. The first-order valence-corrected chi connectivity index (χ1v) is 6.59. The van der Waals surface area contributed by atoms with Crippen LogP contribution in [0.2, 0.25) is 0 Å². The van der Waals surface area contributed by atoms with Crippen molar-refractivity contribution in [3.8, 4) is 0 Å². The summed E-state index contributed by atoms with van der Waals surface area (Å²) in [6.07, 6.45) is 10.0. The Bertz CT molecular complexity index is 428. The molecule has 1 aliphatic heterocycles.